The molecule has 2 rings (SSSR count). The molecule has 14 heavy (non-hydrogen) atoms. The third-order valence-electron chi connectivity index (χ3n) is 1.97. The summed E-state index contributed by atoms with van der Waals surface area (Å²) in [4.78, 5) is 13.8. The van der Waals surface area contributed by atoms with Gasteiger partial charge >= 0.3 is 0 Å². The zero-order chi connectivity index (χ0) is 9.97. The van der Waals surface area contributed by atoms with Crippen molar-refractivity contribution < 1.29 is 4.39 Å². The van der Waals surface area contributed by atoms with Crippen LogP contribution in [0.3, 0.4) is 0 Å². The molecule has 1 aromatic carbocycles. The topological polar surface area (TPSA) is 32.9 Å². The van der Waals surface area contributed by atoms with Crippen molar-refractivity contribution in [2.75, 3.05) is 0 Å². The fourth-order valence-corrected chi connectivity index (χ4v) is 1.33. The van der Waals surface area contributed by atoms with Crippen LogP contribution in [-0.4, -0.2) is 4.98 Å². The van der Waals surface area contributed by atoms with Crippen LogP contribution in [0.25, 0.3) is 11.1 Å². The first kappa shape index (κ1) is 8.69. The Morgan fingerprint density at radius 1 is 1.07 bits per heavy atom. The number of pyridine rings is 1. The predicted molar refractivity (Wildman–Crippen MR) is 52.5 cm³/mol. The monoisotopic (exact) mass is 189 g/mol. The minimum Gasteiger partial charge on any atom is -0.338 e. The maximum Gasteiger partial charge on any atom is 0.202 e. The lowest BCUT2D eigenvalue weighted by atomic mass is 10.1. The van der Waals surface area contributed by atoms with E-state index in [-0.39, 0.29) is 11.0 Å². The van der Waals surface area contributed by atoms with Gasteiger partial charge in [0, 0.05) is 12.3 Å². The number of aromatic nitrogens is 1. The molecule has 0 aliphatic carbocycles. The molecule has 2 nitrogen and oxygen atoms in total. The third-order valence-corrected chi connectivity index (χ3v) is 1.97. The van der Waals surface area contributed by atoms with Crippen molar-refractivity contribution >= 4 is 0 Å². The Balaban J connectivity index is 2.69. The fraction of sp³-hybridized carbons (Fsp3) is 0. The second kappa shape index (κ2) is 3.46. The maximum atomic E-state index is 13.3. The quantitative estimate of drug-likeness (QED) is 0.685. The normalized spacial score (nSPS) is 10.1. The number of halogens is 1. The lowest BCUT2D eigenvalue weighted by Crippen LogP contribution is -2.06. The van der Waals surface area contributed by atoms with Gasteiger partial charge in [-0.3, -0.25) is 4.79 Å². The van der Waals surface area contributed by atoms with E-state index in [1.54, 1.807) is 24.3 Å². The molecule has 0 fully saturated rings. The van der Waals surface area contributed by atoms with Crippen LogP contribution in [-0.2, 0) is 0 Å². The molecule has 1 heterocycles. The van der Waals surface area contributed by atoms with Gasteiger partial charge in [-0.15, -0.1) is 0 Å². The van der Waals surface area contributed by atoms with E-state index < -0.39 is 5.95 Å². The second-order valence-corrected chi connectivity index (χ2v) is 2.90. The summed E-state index contributed by atoms with van der Waals surface area (Å²) in [6, 6.07) is 10.1. The molecule has 1 aromatic heterocycles. The van der Waals surface area contributed by atoms with Gasteiger partial charge in [0.1, 0.15) is 0 Å². The van der Waals surface area contributed by atoms with Crippen LogP contribution in [0.4, 0.5) is 4.39 Å². The molecular formula is C11H8FNO. The summed E-state index contributed by atoms with van der Waals surface area (Å²) in [6.45, 7) is 0. The lowest BCUT2D eigenvalue weighted by molar-refractivity contribution is 0.586. The number of rotatable bonds is 1. The van der Waals surface area contributed by atoms with Gasteiger partial charge in [0.25, 0.3) is 0 Å². The molecule has 0 saturated carbocycles. The Bertz CT molecular complexity index is 490. The number of H-pyrrole nitrogens is 1. The Morgan fingerprint density at radius 2 is 1.79 bits per heavy atom. The van der Waals surface area contributed by atoms with Crippen molar-refractivity contribution in [3.63, 3.8) is 0 Å². The zero-order valence-electron chi connectivity index (χ0n) is 7.33. The van der Waals surface area contributed by atoms with Gasteiger partial charge in [0.2, 0.25) is 5.95 Å². The Labute approximate surface area is 80.0 Å². The van der Waals surface area contributed by atoms with Crippen molar-refractivity contribution in [3.8, 4) is 11.1 Å². The molecule has 0 aliphatic heterocycles. The highest BCUT2D eigenvalue weighted by Crippen LogP contribution is 2.16. The Kier molecular flexibility index (Phi) is 2.14. The van der Waals surface area contributed by atoms with E-state index in [0.29, 0.717) is 5.56 Å². The van der Waals surface area contributed by atoms with Crippen molar-refractivity contribution in [1.82, 2.24) is 4.98 Å². The van der Waals surface area contributed by atoms with Crippen molar-refractivity contribution in [3.05, 3.63) is 58.8 Å². The SMILES string of the molecule is O=c1cc[nH]c(F)c1-c1ccccc1. The molecule has 0 bridgehead atoms. The molecule has 1 N–H and O–H groups in total. The molecule has 0 amide bonds. The summed E-state index contributed by atoms with van der Waals surface area (Å²) in [6.07, 6.45) is 1.30. The van der Waals surface area contributed by atoms with E-state index in [1.807, 2.05) is 6.07 Å². The molecule has 0 unspecified atom stereocenters. The van der Waals surface area contributed by atoms with Crippen LogP contribution >= 0.6 is 0 Å². The minimum atomic E-state index is -0.594. The smallest absolute Gasteiger partial charge is 0.202 e. The Morgan fingerprint density at radius 3 is 2.43 bits per heavy atom. The van der Waals surface area contributed by atoms with Crippen LogP contribution in [0, 0.1) is 5.95 Å². The largest absolute Gasteiger partial charge is 0.338 e. The maximum absolute atomic E-state index is 13.3. The van der Waals surface area contributed by atoms with Crippen LogP contribution in [0.5, 0.6) is 0 Å². The second-order valence-electron chi connectivity index (χ2n) is 2.90. The van der Waals surface area contributed by atoms with Gasteiger partial charge < -0.3 is 4.98 Å². The molecule has 0 atom stereocenters. The number of hydrogen-bond acceptors (Lipinski definition) is 1. The van der Waals surface area contributed by atoms with Crippen molar-refractivity contribution in [1.29, 1.82) is 0 Å². The number of hydrogen-bond donors (Lipinski definition) is 1. The standard InChI is InChI=1S/C11H8FNO/c12-11-10(9(14)6-7-13-11)8-4-2-1-3-5-8/h1-7H,(H,13,14). The first-order chi connectivity index (χ1) is 6.79. The molecule has 3 heteroatoms. The summed E-state index contributed by atoms with van der Waals surface area (Å²) >= 11 is 0. The summed E-state index contributed by atoms with van der Waals surface area (Å²) in [5.74, 6) is -0.594. The van der Waals surface area contributed by atoms with Gasteiger partial charge in [0.15, 0.2) is 5.43 Å². The van der Waals surface area contributed by atoms with E-state index >= 15 is 0 Å². The minimum absolute atomic E-state index is 0.0908. The lowest BCUT2D eigenvalue weighted by Gasteiger charge is -2.00. The van der Waals surface area contributed by atoms with E-state index in [0.717, 1.165) is 0 Å². The Hall–Kier alpha value is -1.90. The zero-order valence-corrected chi connectivity index (χ0v) is 7.33. The molecular weight excluding hydrogens is 181 g/mol. The highest BCUT2D eigenvalue weighted by atomic mass is 19.1. The first-order valence-electron chi connectivity index (χ1n) is 4.21. The van der Waals surface area contributed by atoms with Crippen molar-refractivity contribution in [2.45, 2.75) is 0 Å². The van der Waals surface area contributed by atoms with Gasteiger partial charge in [-0.1, -0.05) is 30.3 Å². The van der Waals surface area contributed by atoms with Gasteiger partial charge in [-0.05, 0) is 5.56 Å². The molecule has 0 aliphatic rings. The van der Waals surface area contributed by atoms with Crippen LogP contribution < -0.4 is 5.43 Å². The average molecular weight is 189 g/mol. The highest BCUT2D eigenvalue weighted by Gasteiger charge is 2.07. The van der Waals surface area contributed by atoms with Gasteiger partial charge in [-0.2, -0.15) is 4.39 Å². The fourth-order valence-electron chi connectivity index (χ4n) is 1.33. The summed E-state index contributed by atoms with van der Waals surface area (Å²) < 4.78 is 13.3. The van der Waals surface area contributed by atoms with Crippen LogP contribution in [0.15, 0.2) is 47.4 Å². The van der Waals surface area contributed by atoms with E-state index in [4.69, 9.17) is 0 Å². The molecule has 0 saturated heterocycles. The molecule has 2 aromatic rings. The van der Waals surface area contributed by atoms with E-state index in [1.165, 1.54) is 12.3 Å². The van der Waals surface area contributed by atoms with E-state index in [9.17, 15) is 9.18 Å². The van der Waals surface area contributed by atoms with E-state index in [2.05, 4.69) is 4.98 Å². The summed E-state index contributed by atoms with van der Waals surface area (Å²) in [7, 11) is 0. The third kappa shape index (κ3) is 1.44. The number of benzene rings is 1. The molecule has 70 valence electrons. The number of nitrogens with one attached hydrogen (secondary N) is 1. The summed E-state index contributed by atoms with van der Waals surface area (Å²) in [5, 5.41) is 0. The van der Waals surface area contributed by atoms with Crippen LogP contribution in [0.1, 0.15) is 0 Å². The van der Waals surface area contributed by atoms with Crippen LogP contribution in [0.2, 0.25) is 0 Å². The first-order valence-corrected chi connectivity index (χ1v) is 4.21. The molecule has 0 spiro atoms. The highest BCUT2D eigenvalue weighted by molar-refractivity contribution is 5.62. The van der Waals surface area contributed by atoms with Gasteiger partial charge in [0.05, 0.1) is 5.56 Å². The molecule has 0 radical (unpaired) electrons. The predicted octanol–water partition coefficient (Wildman–Crippen LogP) is 2.18. The summed E-state index contributed by atoms with van der Waals surface area (Å²) in [5.41, 5.74) is 0.368. The average Bonchev–Trinajstić information content (AvgIpc) is 2.19. The number of aromatic amines is 1. The van der Waals surface area contributed by atoms with Crippen molar-refractivity contribution in [2.24, 2.45) is 0 Å². The van der Waals surface area contributed by atoms with Gasteiger partial charge in [-0.25, -0.2) is 0 Å².